The maximum atomic E-state index is 3.58. The van der Waals surface area contributed by atoms with Crippen LogP contribution in [0.2, 0.25) is 0 Å². The van der Waals surface area contributed by atoms with Crippen LogP contribution in [-0.4, -0.2) is 62.2 Å². The molecule has 0 bridgehead atoms. The van der Waals surface area contributed by atoms with E-state index >= 15 is 0 Å². The van der Waals surface area contributed by atoms with Crippen molar-refractivity contribution in [2.24, 2.45) is 0 Å². The van der Waals surface area contributed by atoms with E-state index in [1.807, 2.05) is 0 Å². The standard InChI is InChI=1S/C12H25N3/c1-14-8-5-12(6-9-14)15(2)10-7-13-11-3-4-11/h11-13H,3-10H2,1-2H3. The van der Waals surface area contributed by atoms with Crippen LogP contribution in [0.4, 0.5) is 0 Å². The third-order valence-corrected chi connectivity index (χ3v) is 3.79. The number of rotatable bonds is 5. The third kappa shape index (κ3) is 3.74. The lowest BCUT2D eigenvalue weighted by Crippen LogP contribution is -2.44. The molecule has 1 aliphatic heterocycles. The van der Waals surface area contributed by atoms with Gasteiger partial charge in [0.05, 0.1) is 0 Å². The molecule has 0 atom stereocenters. The highest BCUT2D eigenvalue weighted by molar-refractivity contribution is 4.82. The number of nitrogens with one attached hydrogen (secondary N) is 1. The Morgan fingerprint density at radius 1 is 1.20 bits per heavy atom. The van der Waals surface area contributed by atoms with Crippen molar-refractivity contribution in [3.8, 4) is 0 Å². The van der Waals surface area contributed by atoms with E-state index in [4.69, 9.17) is 0 Å². The highest BCUT2D eigenvalue weighted by atomic mass is 15.2. The molecule has 1 N–H and O–H groups in total. The maximum Gasteiger partial charge on any atom is 0.0117 e. The fourth-order valence-corrected chi connectivity index (χ4v) is 2.35. The number of likely N-dealkylation sites (tertiary alicyclic amines) is 1. The molecule has 1 heterocycles. The van der Waals surface area contributed by atoms with Gasteiger partial charge in [0.1, 0.15) is 0 Å². The summed E-state index contributed by atoms with van der Waals surface area (Å²) in [5.41, 5.74) is 0. The maximum absolute atomic E-state index is 3.58. The zero-order chi connectivity index (χ0) is 10.7. The van der Waals surface area contributed by atoms with Crippen molar-refractivity contribution < 1.29 is 0 Å². The zero-order valence-electron chi connectivity index (χ0n) is 10.2. The fraction of sp³-hybridized carbons (Fsp3) is 1.00. The van der Waals surface area contributed by atoms with Gasteiger partial charge in [-0.3, -0.25) is 0 Å². The molecule has 2 rings (SSSR count). The minimum absolute atomic E-state index is 0.821. The average molecular weight is 211 g/mol. The average Bonchev–Trinajstić information content (AvgIpc) is 3.02. The van der Waals surface area contributed by atoms with Crippen molar-refractivity contribution in [2.45, 2.75) is 37.8 Å². The van der Waals surface area contributed by atoms with Gasteiger partial charge in [0.25, 0.3) is 0 Å². The van der Waals surface area contributed by atoms with Crippen molar-refractivity contribution in [3.05, 3.63) is 0 Å². The molecule has 1 aliphatic carbocycles. The summed E-state index contributed by atoms with van der Waals surface area (Å²) in [5.74, 6) is 0. The van der Waals surface area contributed by atoms with E-state index in [0.717, 1.165) is 12.1 Å². The molecule has 3 heteroatoms. The number of likely N-dealkylation sites (N-methyl/N-ethyl adjacent to an activating group) is 1. The summed E-state index contributed by atoms with van der Waals surface area (Å²) in [6.45, 7) is 4.93. The third-order valence-electron chi connectivity index (χ3n) is 3.79. The number of hydrogen-bond acceptors (Lipinski definition) is 3. The van der Waals surface area contributed by atoms with Crippen molar-refractivity contribution in [1.29, 1.82) is 0 Å². The molecule has 2 fully saturated rings. The lowest BCUT2D eigenvalue weighted by atomic mass is 10.0. The van der Waals surface area contributed by atoms with E-state index in [2.05, 4.69) is 29.2 Å². The second-order valence-corrected chi connectivity index (χ2v) is 5.24. The van der Waals surface area contributed by atoms with Gasteiger partial charge in [-0.05, 0) is 52.9 Å². The quantitative estimate of drug-likeness (QED) is 0.724. The van der Waals surface area contributed by atoms with Crippen LogP contribution in [0.5, 0.6) is 0 Å². The number of hydrogen-bond donors (Lipinski definition) is 1. The number of nitrogens with zero attached hydrogens (tertiary/aromatic N) is 2. The first-order valence-electron chi connectivity index (χ1n) is 6.38. The van der Waals surface area contributed by atoms with Crippen LogP contribution in [0, 0.1) is 0 Å². The minimum atomic E-state index is 0.821. The molecule has 88 valence electrons. The fourth-order valence-electron chi connectivity index (χ4n) is 2.35. The monoisotopic (exact) mass is 211 g/mol. The lowest BCUT2D eigenvalue weighted by molar-refractivity contribution is 0.145. The largest absolute Gasteiger partial charge is 0.313 e. The summed E-state index contributed by atoms with van der Waals surface area (Å²) in [6, 6.07) is 1.68. The van der Waals surface area contributed by atoms with Crippen molar-refractivity contribution in [3.63, 3.8) is 0 Å². The second-order valence-electron chi connectivity index (χ2n) is 5.24. The minimum Gasteiger partial charge on any atom is -0.313 e. The Balaban J connectivity index is 1.59. The van der Waals surface area contributed by atoms with E-state index in [1.54, 1.807) is 0 Å². The van der Waals surface area contributed by atoms with Gasteiger partial charge in [-0.2, -0.15) is 0 Å². The van der Waals surface area contributed by atoms with Crippen LogP contribution in [0.3, 0.4) is 0 Å². The predicted octanol–water partition coefficient (Wildman–Crippen LogP) is 0.764. The first-order valence-corrected chi connectivity index (χ1v) is 6.38. The van der Waals surface area contributed by atoms with E-state index < -0.39 is 0 Å². The summed E-state index contributed by atoms with van der Waals surface area (Å²) >= 11 is 0. The summed E-state index contributed by atoms with van der Waals surface area (Å²) in [4.78, 5) is 4.98. The van der Waals surface area contributed by atoms with Crippen LogP contribution < -0.4 is 5.32 Å². The lowest BCUT2D eigenvalue weighted by Gasteiger charge is -2.35. The number of piperidine rings is 1. The van der Waals surface area contributed by atoms with Crippen molar-refractivity contribution in [2.75, 3.05) is 40.3 Å². The Labute approximate surface area is 93.8 Å². The zero-order valence-corrected chi connectivity index (χ0v) is 10.2. The van der Waals surface area contributed by atoms with E-state index in [0.29, 0.717) is 0 Å². The highest BCUT2D eigenvalue weighted by Gasteiger charge is 2.22. The topological polar surface area (TPSA) is 18.5 Å². The van der Waals surface area contributed by atoms with Crippen LogP contribution in [0.1, 0.15) is 25.7 Å². The van der Waals surface area contributed by atoms with Gasteiger partial charge >= 0.3 is 0 Å². The van der Waals surface area contributed by atoms with Crippen LogP contribution >= 0.6 is 0 Å². The molecule has 0 unspecified atom stereocenters. The highest BCUT2D eigenvalue weighted by Crippen LogP contribution is 2.18. The SMILES string of the molecule is CN1CCC(N(C)CCNC2CC2)CC1. The normalized spacial score (nSPS) is 25.0. The van der Waals surface area contributed by atoms with Gasteiger partial charge in [0.15, 0.2) is 0 Å². The van der Waals surface area contributed by atoms with Gasteiger partial charge in [-0.15, -0.1) is 0 Å². The van der Waals surface area contributed by atoms with Crippen LogP contribution in [0.15, 0.2) is 0 Å². The summed E-state index contributed by atoms with van der Waals surface area (Å²) < 4.78 is 0. The Morgan fingerprint density at radius 2 is 1.87 bits per heavy atom. The molecular weight excluding hydrogens is 186 g/mol. The van der Waals surface area contributed by atoms with Gasteiger partial charge in [-0.1, -0.05) is 0 Å². The molecule has 0 radical (unpaired) electrons. The molecule has 1 saturated heterocycles. The van der Waals surface area contributed by atoms with Gasteiger partial charge in [0.2, 0.25) is 0 Å². The first kappa shape index (κ1) is 11.4. The molecular formula is C12H25N3. The molecule has 3 nitrogen and oxygen atoms in total. The molecule has 1 saturated carbocycles. The van der Waals surface area contributed by atoms with E-state index in [-0.39, 0.29) is 0 Å². The summed E-state index contributed by atoms with van der Waals surface area (Å²) in [5, 5.41) is 3.58. The summed E-state index contributed by atoms with van der Waals surface area (Å²) in [7, 11) is 4.51. The van der Waals surface area contributed by atoms with Crippen LogP contribution in [-0.2, 0) is 0 Å². The Hall–Kier alpha value is -0.120. The second kappa shape index (κ2) is 5.28. The van der Waals surface area contributed by atoms with Gasteiger partial charge < -0.3 is 15.1 Å². The Kier molecular flexibility index (Phi) is 4.00. The smallest absolute Gasteiger partial charge is 0.0117 e. The molecule has 0 aromatic carbocycles. The van der Waals surface area contributed by atoms with E-state index in [9.17, 15) is 0 Å². The Morgan fingerprint density at radius 3 is 2.47 bits per heavy atom. The molecule has 0 aromatic rings. The van der Waals surface area contributed by atoms with Gasteiger partial charge in [-0.25, -0.2) is 0 Å². The molecule has 15 heavy (non-hydrogen) atoms. The predicted molar refractivity (Wildman–Crippen MR) is 64.2 cm³/mol. The molecule has 0 aromatic heterocycles. The first-order chi connectivity index (χ1) is 7.25. The van der Waals surface area contributed by atoms with Crippen molar-refractivity contribution in [1.82, 2.24) is 15.1 Å². The van der Waals surface area contributed by atoms with Crippen LogP contribution in [0.25, 0.3) is 0 Å². The van der Waals surface area contributed by atoms with Gasteiger partial charge in [0, 0.05) is 25.2 Å². The van der Waals surface area contributed by atoms with Crippen molar-refractivity contribution >= 4 is 0 Å². The summed E-state index contributed by atoms with van der Waals surface area (Å²) in [6.07, 6.45) is 5.49. The molecule has 0 spiro atoms. The van der Waals surface area contributed by atoms with E-state index in [1.165, 1.54) is 51.9 Å². The Bertz CT molecular complexity index is 183. The molecule has 0 amide bonds. The molecule has 2 aliphatic rings.